The van der Waals surface area contributed by atoms with Gasteiger partial charge in [0.1, 0.15) is 5.82 Å². The molecule has 0 bridgehead atoms. The summed E-state index contributed by atoms with van der Waals surface area (Å²) < 4.78 is 39.9. The van der Waals surface area contributed by atoms with Crippen molar-refractivity contribution >= 4 is 11.7 Å². The number of carbonyl (C=O) groups excluding carboxylic acids is 1. The minimum Gasteiger partial charge on any atom is -0.310 e. The second-order valence-corrected chi connectivity index (χ2v) is 8.57. The number of benzene rings is 1. The second-order valence-electron chi connectivity index (χ2n) is 8.57. The van der Waals surface area contributed by atoms with Gasteiger partial charge in [-0.25, -0.2) is 4.68 Å². The molecule has 29 heavy (non-hydrogen) atoms. The maximum atomic E-state index is 12.7. The molecular weight excluding hydrogens is 381 g/mol. The van der Waals surface area contributed by atoms with E-state index in [-0.39, 0.29) is 11.9 Å². The molecule has 1 saturated heterocycles. The van der Waals surface area contributed by atoms with Crippen LogP contribution in [0.1, 0.15) is 50.8 Å². The van der Waals surface area contributed by atoms with E-state index in [0.29, 0.717) is 12.4 Å². The Hall–Kier alpha value is -2.35. The molecule has 0 radical (unpaired) electrons. The molecular formula is C21H27F3N4O. The summed E-state index contributed by atoms with van der Waals surface area (Å²) in [6.45, 7) is 7.85. The van der Waals surface area contributed by atoms with Crippen molar-refractivity contribution in [3.05, 3.63) is 47.7 Å². The van der Waals surface area contributed by atoms with Crippen LogP contribution in [0.3, 0.4) is 0 Å². The number of hydrogen-bond donors (Lipinski definition) is 1. The van der Waals surface area contributed by atoms with E-state index in [9.17, 15) is 18.0 Å². The van der Waals surface area contributed by atoms with Crippen molar-refractivity contribution in [3.63, 3.8) is 0 Å². The van der Waals surface area contributed by atoms with Crippen molar-refractivity contribution in [1.82, 2.24) is 14.7 Å². The summed E-state index contributed by atoms with van der Waals surface area (Å²) in [6.07, 6.45) is -0.894. The number of alkyl halides is 3. The number of piperidine rings is 1. The summed E-state index contributed by atoms with van der Waals surface area (Å²) in [5.74, 6) is 0.644. The van der Waals surface area contributed by atoms with Gasteiger partial charge in [-0.1, -0.05) is 32.9 Å². The number of anilines is 1. The van der Waals surface area contributed by atoms with Crippen LogP contribution in [0.2, 0.25) is 0 Å². The summed E-state index contributed by atoms with van der Waals surface area (Å²) >= 11 is 0. The average molecular weight is 408 g/mol. The van der Waals surface area contributed by atoms with E-state index < -0.39 is 17.2 Å². The second kappa shape index (κ2) is 8.18. The number of rotatable bonds is 4. The topological polar surface area (TPSA) is 50.2 Å². The maximum Gasteiger partial charge on any atom is 0.416 e. The van der Waals surface area contributed by atoms with Crippen LogP contribution < -0.4 is 5.32 Å². The summed E-state index contributed by atoms with van der Waals surface area (Å²) in [5, 5.41) is 7.35. The lowest BCUT2D eigenvalue weighted by molar-refractivity contribution is -0.137. The van der Waals surface area contributed by atoms with E-state index in [1.807, 2.05) is 25.5 Å². The molecule has 0 unspecified atom stereocenters. The minimum absolute atomic E-state index is 0.0565. The van der Waals surface area contributed by atoms with Gasteiger partial charge in [-0.05, 0) is 30.5 Å². The third-order valence-corrected chi connectivity index (χ3v) is 5.18. The molecule has 2 heterocycles. The zero-order valence-corrected chi connectivity index (χ0v) is 17.0. The number of nitrogens with zero attached hydrogens (tertiary/aromatic N) is 3. The molecule has 1 aliphatic rings. The highest BCUT2D eigenvalue weighted by atomic mass is 19.4. The molecule has 1 aliphatic heterocycles. The Kier molecular flexibility index (Phi) is 6.03. The summed E-state index contributed by atoms with van der Waals surface area (Å²) in [6, 6.07) is 7.35. The molecule has 0 atom stereocenters. The Labute approximate surface area is 168 Å². The Morgan fingerprint density at radius 2 is 1.72 bits per heavy atom. The lowest BCUT2D eigenvalue weighted by Crippen LogP contribution is -2.35. The first-order valence-electron chi connectivity index (χ1n) is 9.77. The summed E-state index contributed by atoms with van der Waals surface area (Å²) in [5.41, 5.74) is -0.239. The summed E-state index contributed by atoms with van der Waals surface area (Å²) in [4.78, 5) is 14.5. The first-order chi connectivity index (χ1) is 13.5. The fraction of sp³-hybridized carbons (Fsp3) is 0.524. The highest BCUT2D eigenvalue weighted by Gasteiger charge is 2.30. The van der Waals surface area contributed by atoms with Crippen molar-refractivity contribution in [2.75, 3.05) is 18.4 Å². The Morgan fingerprint density at radius 1 is 1.10 bits per heavy atom. The number of carbonyl (C=O) groups is 1. The van der Waals surface area contributed by atoms with Crippen LogP contribution in [0.4, 0.5) is 19.0 Å². The first-order valence-corrected chi connectivity index (χ1v) is 9.77. The lowest BCUT2D eigenvalue weighted by Gasteiger charge is -2.33. The van der Waals surface area contributed by atoms with Gasteiger partial charge in [0.2, 0.25) is 5.91 Å². The molecule has 1 aromatic carbocycles. The highest BCUT2D eigenvalue weighted by molar-refractivity contribution is 5.93. The summed E-state index contributed by atoms with van der Waals surface area (Å²) in [7, 11) is 0. The van der Waals surface area contributed by atoms with Gasteiger partial charge in [0, 0.05) is 31.1 Å². The number of halogens is 3. The van der Waals surface area contributed by atoms with Gasteiger partial charge in [-0.2, -0.15) is 18.3 Å². The van der Waals surface area contributed by atoms with Crippen molar-refractivity contribution in [3.8, 4) is 0 Å². The molecule has 5 nitrogen and oxygen atoms in total. The van der Waals surface area contributed by atoms with Gasteiger partial charge >= 0.3 is 6.18 Å². The van der Waals surface area contributed by atoms with E-state index in [1.54, 1.807) is 24.4 Å². The van der Waals surface area contributed by atoms with Crippen LogP contribution in [-0.4, -0.2) is 33.7 Å². The third kappa shape index (κ3) is 5.38. The van der Waals surface area contributed by atoms with E-state index >= 15 is 0 Å². The molecule has 3 rings (SSSR count). The molecule has 1 amide bonds. The number of nitrogens with one attached hydrogen (secondary N) is 1. The van der Waals surface area contributed by atoms with Crippen LogP contribution in [0, 0.1) is 5.41 Å². The molecule has 2 aromatic rings. The number of likely N-dealkylation sites (tertiary alicyclic amines) is 1. The zero-order chi connectivity index (χ0) is 21.2. The Balaban J connectivity index is 1.56. The van der Waals surface area contributed by atoms with Crippen LogP contribution in [0.15, 0.2) is 36.5 Å². The molecule has 8 heteroatoms. The molecule has 1 fully saturated rings. The van der Waals surface area contributed by atoms with Gasteiger partial charge in [-0.3, -0.25) is 9.69 Å². The van der Waals surface area contributed by atoms with Gasteiger partial charge in [-0.15, -0.1) is 0 Å². The van der Waals surface area contributed by atoms with Crippen LogP contribution in [0.5, 0.6) is 0 Å². The van der Waals surface area contributed by atoms with E-state index in [4.69, 9.17) is 0 Å². The Bertz CT molecular complexity index is 829. The van der Waals surface area contributed by atoms with Crippen molar-refractivity contribution < 1.29 is 18.0 Å². The largest absolute Gasteiger partial charge is 0.416 e. The predicted molar refractivity (Wildman–Crippen MR) is 105 cm³/mol. The molecule has 0 spiro atoms. The van der Waals surface area contributed by atoms with Crippen LogP contribution >= 0.6 is 0 Å². The fourth-order valence-electron chi connectivity index (χ4n) is 3.39. The Morgan fingerprint density at radius 3 is 2.28 bits per heavy atom. The minimum atomic E-state index is -4.30. The number of hydrogen-bond acceptors (Lipinski definition) is 3. The smallest absolute Gasteiger partial charge is 0.310 e. The first kappa shape index (κ1) is 21.4. The van der Waals surface area contributed by atoms with E-state index in [2.05, 4.69) is 15.3 Å². The zero-order valence-electron chi connectivity index (χ0n) is 17.0. The molecule has 0 saturated carbocycles. The normalized spacial score (nSPS) is 16.8. The van der Waals surface area contributed by atoms with E-state index in [1.165, 1.54) is 0 Å². The molecule has 0 aliphatic carbocycles. The average Bonchev–Trinajstić information content (AvgIpc) is 3.09. The van der Waals surface area contributed by atoms with Crippen molar-refractivity contribution in [1.29, 1.82) is 0 Å². The number of amides is 1. The fourth-order valence-corrected chi connectivity index (χ4v) is 3.39. The SMILES string of the molecule is CC(C)(C)C(=O)Nc1ccnn1C1CCN(Cc2ccc(C(F)(F)F)cc2)CC1. The van der Waals surface area contributed by atoms with Crippen molar-refractivity contribution in [2.45, 2.75) is 52.4 Å². The molecule has 158 valence electrons. The third-order valence-electron chi connectivity index (χ3n) is 5.18. The quantitative estimate of drug-likeness (QED) is 0.796. The van der Waals surface area contributed by atoms with E-state index in [0.717, 1.165) is 43.6 Å². The monoisotopic (exact) mass is 408 g/mol. The van der Waals surface area contributed by atoms with Crippen molar-refractivity contribution in [2.24, 2.45) is 5.41 Å². The predicted octanol–water partition coefficient (Wildman–Crippen LogP) is 4.72. The van der Waals surface area contributed by atoms with Gasteiger partial charge in [0.25, 0.3) is 0 Å². The van der Waals surface area contributed by atoms with Crippen LogP contribution in [0.25, 0.3) is 0 Å². The molecule has 1 N–H and O–H groups in total. The number of aromatic nitrogens is 2. The van der Waals surface area contributed by atoms with Gasteiger partial charge in [0.05, 0.1) is 17.8 Å². The standard InChI is InChI=1S/C21H27F3N4O/c1-20(2,3)19(29)26-18-8-11-25-28(18)17-9-12-27(13-10-17)14-15-4-6-16(7-5-15)21(22,23)24/h4-8,11,17H,9-10,12-14H2,1-3H3,(H,26,29). The van der Waals surface area contributed by atoms with Crippen LogP contribution in [-0.2, 0) is 17.5 Å². The molecule has 1 aromatic heterocycles. The lowest BCUT2D eigenvalue weighted by atomic mass is 9.96. The highest BCUT2D eigenvalue weighted by Crippen LogP contribution is 2.30. The van der Waals surface area contributed by atoms with Gasteiger partial charge in [0.15, 0.2) is 0 Å². The van der Waals surface area contributed by atoms with Gasteiger partial charge < -0.3 is 5.32 Å². The maximum absolute atomic E-state index is 12.7.